The number of aromatic nitrogens is 2. The van der Waals surface area contributed by atoms with Crippen LogP contribution in [-0.2, 0) is 4.79 Å². The van der Waals surface area contributed by atoms with Crippen molar-refractivity contribution < 1.29 is 9.53 Å². The summed E-state index contributed by atoms with van der Waals surface area (Å²) in [4.78, 5) is 27.2. The van der Waals surface area contributed by atoms with Gasteiger partial charge in [-0.2, -0.15) is 4.98 Å². The predicted octanol–water partition coefficient (Wildman–Crippen LogP) is 2.75. The Bertz CT molecular complexity index is 1000. The Kier molecular flexibility index (Phi) is 6.51. The van der Waals surface area contributed by atoms with Crippen molar-refractivity contribution in [1.82, 2.24) is 14.9 Å². The molecule has 30 heavy (non-hydrogen) atoms. The summed E-state index contributed by atoms with van der Waals surface area (Å²) in [7, 11) is 3.40. The summed E-state index contributed by atoms with van der Waals surface area (Å²) in [5, 5.41) is 6.23. The fourth-order valence-corrected chi connectivity index (χ4v) is 3.20. The number of likely N-dealkylation sites (tertiary alicyclic amines) is 1. The van der Waals surface area contributed by atoms with Gasteiger partial charge in [0.15, 0.2) is 0 Å². The van der Waals surface area contributed by atoms with Crippen LogP contribution in [0.25, 0.3) is 0 Å². The van der Waals surface area contributed by atoms with E-state index in [9.17, 15) is 4.79 Å². The van der Waals surface area contributed by atoms with Crippen molar-refractivity contribution in [2.75, 3.05) is 37.9 Å². The molecule has 9 nitrogen and oxygen atoms in total. The van der Waals surface area contributed by atoms with Crippen LogP contribution in [0.2, 0.25) is 0 Å². The smallest absolute Gasteiger partial charge is 0.229 e. The molecular formula is C21H27N7O2. The summed E-state index contributed by atoms with van der Waals surface area (Å²) in [5.74, 6) is 1.83. The number of nitrogens with two attached hydrogens (primary N) is 1. The summed E-state index contributed by atoms with van der Waals surface area (Å²) in [6.07, 6.45) is 2.23. The van der Waals surface area contributed by atoms with Gasteiger partial charge in [-0.3, -0.25) is 4.79 Å². The van der Waals surface area contributed by atoms with Crippen LogP contribution >= 0.6 is 0 Å². The lowest BCUT2D eigenvalue weighted by atomic mass is 10.0. The van der Waals surface area contributed by atoms with Crippen LogP contribution in [0.4, 0.5) is 23.1 Å². The Hall–Kier alpha value is -3.62. The standard InChI is InChI=1S/C21H27N7O2/c1-13-9-20(23-3)27-21(24-13)25-16-5-6-19(30-4)17(10-16)26-18-12-28(14(2)29)8-7-15(18)11-22/h5-6,9-11H,7-8,12,22H2,1-4H3,(H2,23,24,25,27)/b15-11-,26-18?. The summed E-state index contributed by atoms with van der Waals surface area (Å²) in [6, 6.07) is 7.42. The van der Waals surface area contributed by atoms with E-state index in [-0.39, 0.29) is 5.91 Å². The number of carbonyl (C=O) groups is 1. The zero-order chi connectivity index (χ0) is 21.7. The Morgan fingerprint density at radius 2 is 2.13 bits per heavy atom. The van der Waals surface area contributed by atoms with E-state index in [1.54, 1.807) is 25.1 Å². The zero-order valence-corrected chi connectivity index (χ0v) is 17.7. The third kappa shape index (κ3) is 4.86. The predicted molar refractivity (Wildman–Crippen MR) is 119 cm³/mol. The van der Waals surface area contributed by atoms with Gasteiger partial charge in [-0.15, -0.1) is 0 Å². The average molecular weight is 409 g/mol. The van der Waals surface area contributed by atoms with Gasteiger partial charge in [0, 0.05) is 38.0 Å². The van der Waals surface area contributed by atoms with Crippen LogP contribution in [-0.4, -0.2) is 53.7 Å². The SMILES string of the molecule is CNc1cc(C)nc(Nc2ccc(OC)c(N=C3CN(C(C)=O)CC/C3=C/N)c2)n1. The molecule has 158 valence electrons. The lowest BCUT2D eigenvalue weighted by Crippen LogP contribution is -2.40. The lowest BCUT2D eigenvalue weighted by Gasteiger charge is -2.28. The number of methoxy groups -OCH3 is 1. The number of rotatable bonds is 5. The van der Waals surface area contributed by atoms with Crippen LogP contribution in [0, 0.1) is 6.92 Å². The first-order chi connectivity index (χ1) is 14.4. The molecular weight excluding hydrogens is 382 g/mol. The molecule has 1 aliphatic rings. The van der Waals surface area contributed by atoms with Crippen LogP contribution in [0.3, 0.4) is 0 Å². The highest BCUT2D eigenvalue weighted by atomic mass is 16.5. The van der Waals surface area contributed by atoms with E-state index < -0.39 is 0 Å². The van der Waals surface area contributed by atoms with Gasteiger partial charge in [0.2, 0.25) is 11.9 Å². The second kappa shape index (κ2) is 9.25. The molecule has 2 aromatic rings. The molecule has 0 aliphatic carbocycles. The first-order valence-electron chi connectivity index (χ1n) is 9.66. The van der Waals surface area contributed by atoms with Crippen LogP contribution in [0.15, 0.2) is 41.0 Å². The first-order valence-corrected chi connectivity index (χ1v) is 9.66. The quantitative estimate of drug-likeness (QED) is 0.695. The molecule has 2 heterocycles. The summed E-state index contributed by atoms with van der Waals surface area (Å²) in [6.45, 7) is 4.51. The van der Waals surface area contributed by atoms with Crippen molar-refractivity contribution in [3.05, 3.63) is 41.7 Å². The van der Waals surface area contributed by atoms with Crippen LogP contribution in [0.5, 0.6) is 5.75 Å². The fourth-order valence-electron chi connectivity index (χ4n) is 3.20. The topological polar surface area (TPSA) is 118 Å². The van der Waals surface area contributed by atoms with Crippen LogP contribution < -0.4 is 21.1 Å². The van der Waals surface area contributed by atoms with Crippen molar-refractivity contribution in [2.24, 2.45) is 10.7 Å². The van der Waals surface area contributed by atoms with E-state index in [0.717, 1.165) is 28.5 Å². The molecule has 0 saturated carbocycles. The maximum absolute atomic E-state index is 11.8. The zero-order valence-electron chi connectivity index (χ0n) is 17.7. The van der Waals surface area contributed by atoms with E-state index in [0.29, 0.717) is 36.9 Å². The summed E-state index contributed by atoms with van der Waals surface area (Å²) < 4.78 is 5.48. The highest BCUT2D eigenvalue weighted by Gasteiger charge is 2.22. The van der Waals surface area contributed by atoms with Crippen LogP contribution in [0.1, 0.15) is 19.0 Å². The van der Waals surface area contributed by atoms with E-state index in [1.165, 1.54) is 0 Å². The number of nitrogens with one attached hydrogen (secondary N) is 2. The minimum Gasteiger partial charge on any atom is -0.494 e. The Labute approximate surface area is 176 Å². The van der Waals surface area contributed by atoms with Gasteiger partial charge in [0.25, 0.3) is 0 Å². The van der Waals surface area contributed by atoms with Gasteiger partial charge >= 0.3 is 0 Å². The van der Waals surface area contributed by atoms with Gasteiger partial charge in [-0.05, 0) is 43.3 Å². The molecule has 1 fully saturated rings. The third-order valence-corrected chi connectivity index (χ3v) is 4.81. The first kappa shape index (κ1) is 21.1. The minimum absolute atomic E-state index is 0.0121. The molecule has 0 atom stereocenters. The number of ether oxygens (including phenoxy) is 1. The van der Waals surface area contributed by atoms with Crippen molar-refractivity contribution >= 4 is 34.8 Å². The number of nitrogens with zero attached hydrogens (tertiary/aromatic N) is 4. The number of benzene rings is 1. The van der Waals surface area contributed by atoms with Gasteiger partial charge in [0.1, 0.15) is 17.3 Å². The summed E-state index contributed by atoms with van der Waals surface area (Å²) in [5.41, 5.74) is 9.71. The number of hydrogen-bond acceptors (Lipinski definition) is 8. The lowest BCUT2D eigenvalue weighted by molar-refractivity contribution is -0.128. The number of aliphatic imine (C=N–C) groups is 1. The molecule has 0 bridgehead atoms. The van der Waals surface area contributed by atoms with Gasteiger partial charge < -0.3 is 26.0 Å². The Balaban J connectivity index is 1.95. The molecule has 0 unspecified atom stereocenters. The van der Waals surface area contributed by atoms with E-state index in [1.807, 2.05) is 38.2 Å². The highest BCUT2D eigenvalue weighted by molar-refractivity contribution is 6.05. The molecule has 1 amide bonds. The number of carbonyl (C=O) groups excluding carboxylic acids is 1. The minimum atomic E-state index is 0.0121. The number of amides is 1. The fraction of sp³-hybridized carbons (Fsp3) is 0.333. The highest BCUT2D eigenvalue weighted by Crippen LogP contribution is 2.33. The molecule has 9 heteroatoms. The van der Waals surface area contributed by atoms with Gasteiger partial charge in [-0.25, -0.2) is 9.98 Å². The molecule has 3 rings (SSSR count). The van der Waals surface area contributed by atoms with Crippen molar-refractivity contribution in [2.45, 2.75) is 20.3 Å². The second-order valence-electron chi connectivity index (χ2n) is 6.92. The largest absolute Gasteiger partial charge is 0.494 e. The monoisotopic (exact) mass is 409 g/mol. The maximum atomic E-state index is 11.8. The summed E-state index contributed by atoms with van der Waals surface area (Å²) >= 11 is 0. The molecule has 4 N–H and O–H groups in total. The van der Waals surface area contributed by atoms with Crippen molar-refractivity contribution in [3.63, 3.8) is 0 Å². The molecule has 1 saturated heterocycles. The van der Waals surface area contributed by atoms with E-state index >= 15 is 0 Å². The van der Waals surface area contributed by atoms with Gasteiger partial charge in [-0.1, -0.05) is 0 Å². The average Bonchev–Trinajstić information content (AvgIpc) is 2.73. The van der Waals surface area contributed by atoms with Gasteiger partial charge in [0.05, 0.1) is 19.4 Å². The second-order valence-corrected chi connectivity index (χ2v) is 6.92. The number of anilines is 3. The molecule has 1 aromatic carbocycles. The number of aryl methyl sites for hydroxylation is 1. The molecule has 0 radical (unpaired) electrons. The molecule has 1 aliphatic heterocycles. The normalized spacial score (nSPS) is 16.6. The van der Waals surface area contributed by atoms with Crippen molar-refractivity contribution in [1.29, 1.82) is 0 Å². The number of piperidine rings is 1. The Morgan fingerprint density at radius 1 is 1.33 bits per heavy atom. The number of hydrogen-bond donors (Lipinski definition) is 3. The van der Waals surface area contributed by atoms with E-state index in [4.69, 9.17) is 15.5 Å². The Morgan fingerprint density at radius 3 is 2.80 bits per heavy atom. The van der Waals surface area contributed by atoms with Crippen molar-refractivity contribution in [3.8, 4) is 5.75 Å². The molecule has 0 spiro atoms. The third-order valence-electron chi connectivity index (χ3n) is 4.81. The maximum Gasteiger partial charge on any atom is 0.229 e. The van der Waals surface area contributed by atoms with E-state index in [2.05, 4.69) is 20.6 Å². The molecule has 1 aromatic heterocycles.